The lowest BCUT2D eigenvalue weighted by atomic mass is 9.86. The van der Waals surface area contributed by atoms with Gasteiger partial charge in [-0.1, -0.05) is 0 Å². The van der Waals surface area contributed by atoms with Gasteiger partial charge in [-0.3, -0.25) is 0 Å². The van der Waals surface area contributed by atoms with E-state index in [0.29, 0.717) is 12.0 Å². The molecule has 3 rings (SSSR count). The highest BCUT2D eigenvalue weighted by atomic mass is 16.3. The Morgan fingerprint density at radius 3 is 2.82 bits per heavy atom. The molecule has 1 aliphatic carbocycles. The predicted molar refractivity (Wildman–Crippen MR) is 65.5 cm³/mol. The van der Waals surface area contributed by atoms with Crippen molar-refractivity contribution < 1.29 is 4.42 Å². The molecule has 1 saturated carbocycles. The first-order chi connectivity index (χ1) is 8.33. The van der Waals surface area contributed by atoms with Crippen LogP contribution in [-0.4, -0.2) is 16.0 Å². The second-order valence-electron chi connectivity index (χ2n) is 4.77. The highest BCUT2D eigenvalue weighted by molar-refractivity contribution is 5.50. The normalized spacial score (nSPS) is 25.0. The van der Waals surface area contributed by atoms with Crippen LogP contribution in [0.2, 0.25) is 0 Å². The number of rotatable bonds is 2. The first kappa shape index (κ1) is 10.6. The van der Waals surface area contributed by atoms with Crippen molar-refractivity contribution in [3.63, 3.8) is 0 Å². The van der Waals surface area contributed by atoms with Crippen molar-refractivity contribution >= 4 is 0 Å². The van der Waals surface area contributed by atoms with E-state index in [0.717, 1.165) is 43.0 Å². The van der Waals surface area contributed by atoms with Crippen molar-refractivity contribution in [3.8, 4) is 11.5 Å². The van der Waals surface area contributed by atoms with Gasteiger partial charge in [0.05, 0.1) is 12.5 Å². The molecule has 2 heterocycles. The molecule has 0 aliphatic heterocycles. The fourth-order valence-electron chi connectivity index (χ4n) is 2.49. The molecule has 1 fully saturated rings. The summed E-state index contributed by atoms with van der Waals surface area (Å²) in [5, 5.41) is 0. The summed E-state index contributed by atoms with van der Waals surface area (Å²) in [7, 11) is 0. The third-order valence-electron chi connectivity index (χ3n) is 3.54. The Balaban J connectivity index is 1.76. The van der Waals surface area contributed by atoms with Crippen molar-refractivity contribution in [2.24, 2.45) is 5.73 Å². The van der Waals surface area contributed by atoms with E-state index in [2.05, 4.69) is 9.97 Å². The summed E-state index contributed by atoms with van der Waals surface area (Å²) in [4.78, 5) is 7.82. The van der Waals surface area contributed by atoms with E-state index in [1.807, 2.05) is 18.3 Å². The molecule has 0 atom stereocenters. The number of nitrogens with one attached hydrogen (secondary N) is 1. The number of nitrogens with two attached hydrogens (primary N) is 1. The zero-order valence-electron chi connectivity index (χ0n) is 9.73. The van der Waals surface area contributed by atoms with Gasteiger partial charge in [0.1, 0.15) is 11.5 Å². The molecule has 0 bridgehead atoms. The minimum Gasteiger partial charge on any atom is -0.463 e. The molecule has 90 valence electrons. The van der Waals surface area contributed by atoms with Crippen molar-refractivity contribution in [1.29, 1.82) is 0 Å². The summed E-state index contributed by atoms with van der Waals surface area (Å²) in [5.74, 6) is 2.44. The maximum Gasteiger partial charge on any atom is 0.151 e. The molecule has 2 aromatic heterocycles. The minimum atomic E-state index is 0.380. The molecular weight excluding hydrogens is 214 g/mol. The summed E-state index contributed by atoms with van der Waals surface area (Å²) >= 11 is 0. The third-order valence-corrected chi connectivity index (χ3v) is 3.54. The Morgan fingerprint density at radius 2 is 2.12 bits per heavy atom. The average molecular weight is 231 g/mol. The van der Waals surface area contributed by atoms with Gasteiger partial charge in [0.25, 0.3) is 0 Å². The number of nitrogens with zero attached hydrogens (tertiary/aromatic N) is 1. The van der Waals surface area contributed by atoms with E-state index < -0.39 is 0 Å². The Morgan fingerprint density at radius 1 is 1.29 bits per heavy atom. The summed E-state index contributed by atoms with van der Waals surface area (Å²) in [6, 6.07) is 4.20. The summed E-state index contributed by atoms with van der Waals surface area (Å²) < 4.78 is 5.35. The van der Waals surface area contributed by atoms with E-state index in [1.165, 1.54) is 0 Å². The van der Waals surface area contributed by atoms with E-state index in [1.54, 1.807) is 6.26 Å². The van der Waals surface area contributed by atoms with Crippen LogP contribution in [0, 0.1) is 0 Å². The standard InChI is InChI=1S/C13H17N3O/c14-10-5-3-9(4-6-10)13-15-8-11(16-13)12-2-1-7-17-12/h1-2,7-10H,3-6,14H2,(H,15,16). The van der Waals surface area contributed by atoms with Crippen molar-refractivity contribution in [1.82, 2.24) is 9.97 Å². The second kappa shape index (κ2) is 4.37. The van der Waals surface area contributed by atoms with Gasteiger partial charge in [-0.2, -0.15) is 0 Å². The molecule has 0 amide bonds. The lowest BCUT2D eigenvalue weighted by Gasteiger charge is -2.24. The Kier molecular flexibility index (Phi) is 2.73. The van der Waals surface area contributed by atoms with Crippen LogP contribution in [0.3, 0.4) is 0 Å². The number of aromatic nitrogens is 2. The van der Waals surface area contributed by atoms with Gasteiger partial charge in [0, 0.05) is 12.0 Å². The number of hydrogen-bond donors (Lipinski definition) is 2. The van der Waals surface area contributed by atoms with Crippen LogP contribution in [0.5, 0.6) is 0 Å². The smallest absolute Gasteiger partial charge is 0.151 e. The monoisotopic (exact) mass is 231 g/mol. The number of H-pyrrole nitrogens is 1. The third kappa shape index (κ3) is 2.13. The molecule has 4 heteroatoms. The maximum absolute atomic E-state index is 5.91. The van der Waals surface area contributed by atoms with Crippen LogP contribution >= 0.6 is 0 Å². The molecule has 0 radical (unpaired) electrons. The molecule has 3 N–H and O–H groups in total. The van der Waals surface area contributed by atoms with E-state index >= 15 is 0 Å². The summed E-state index contributed by atoms with van der Waals surface area (Å²) in [5.41, 5.74) is 6.87. The van der Waals surface area contributed by atoms with E-state index in [4.69, 9.17) is 10.2 Å². The summed E-state index contributed by atoms with van der Waals surface area (Å²) in [6.45, 7) is 0. The van der Waals surface area contributed by atoms with Crippen LogP contribution in [0.4, 0.5) is 0 Å². The quantitative estimate of drug-likeness (QED) is 0.834. The summed E-state index contributed by atoms with van der Waals surface area (Å²) in [6.07, 6.45) is 7.99. The fourth-order valence-corrected chi connectivity index (χ4v) is 2.49. The van der Waals surface area contributed by atoms with Crippen LogP contribution in [0.1, 0.15) is 37.4 Å². The van der Waals surface area contributed by atoms with Crippen LogP contribution in [0.25, 0.3) is 11.5 Å². The van der Waals surface area contributed by atoms with Gasteiger partial charge in [0.2, 0.25) is 0 Å². The number of imidazole rings is 1. The second-order valence-corrected chi connectivity index (χ2v) is 4.77. The topological polar surface area (TPSA) is 67.8 Å². The van der Waals surface area contributed by atoms with Crippen LogP contribution in [0.15, 0.2) is 29.0 Å². The SMILES string of the molecule is NC1CCC(c2ncc(-c3ccco3)[nH]2)CC1. The maximum atomic E-state index is 5.91. The zero-order valence-corrected chi connectivity index (χ0v) is 9.73. The molecule has 0 unspecified atom stereocenters. The molecule has 2 aromatic rings. The number of furan rings is 1. The first-order valence-corrected chi connectivity index (χ1v) is 6.17. The van der Waals surface area contributed by atoms with Crippen molar-refractivity contribution in [2.75, 3.05) is 0 Å². The van der Waals surface area contributed by atoms with Crippen molar-refractivity contribution in [2.45, 2.75) is 37.6 Å². The van der Waals surface area contributed by atoms with Gasteiger partial charge in [-0.15, -0.1) is 0 Å². The Bertz CT molecular complexity index is 467. The molecule has 0 saturated heterocycles. The average Bonchev–Trinajstić information content (AvgIpc) is 3.00. The van der Waals surface area contributed by atoms with Crippen LogP contribution < -0.4 is 5.73 Å². The first-order valence-electron chi connectivity index (χ1n) is 6.17. The predicted octanol–water partition coefficient (Wildman–Crippen LogP) is 2.65. The van der Waals surface area contributed by atoms with Gasteiger partial charge in [-0.25, -0.2) is 4.98 Å². The number of aromatic amines is 1. The van der Waals surface area contributed by atoms with Gasteiger partial charge < -0.3 is 15.1 Å². The van der Waals surface area contributed by atoms with Crippen LogP contribution in [-0.2, 0) is 0 Å². The van der Waals surface area contributed by atoms with Gasteiger partial charge >= 0.3 is 0 Å². The van der Waals surface area contributed by atoms with Crippen molar-refractivity contribution in [3.05, 3.63) is 30.4 Å². The highest BCUT2D eigenvalue weighted by Crippen LogP contribution is 2.31. The molecule has 1 aliphatic rings. The molecule has 0 spiro atoms. The lowest BCUT2D eigenvalue weighted by Crippen LogP contribution is -2.26. The zero-order chi connectivity index (χ0) is 11.7. The molecule has 4 nitrogen and oxygen atoms in total. The molecule has 0 aromatic carbocycles. The van der Waals surface area contributed by atoms with E-state index in [-0.39, 0.29) is 0 Å². The fraction of sp³-hybridized carbons (Fsp3) is 0.462. The molecular formula is C13H17N3O. The highest BCUT2D eigenvalue weighted by Gasteiger charge is 2.22. The minimum absolute atomic E-state index is 0.380. The Labute approximate surface area is 100 Å². The lowest BCUT2D eigenvalue weighted by molar-refractivity contribution is 0.386. The molecule has 17 heavy (non-hydrogen) atoms. The Hall–Kier alpha value is -1.55. The van der Waals surface area contributed by atoms with E-state index in [9.17, 15) is 0 Å². The largest absolute Gasteiger partial charge is 0.463 e. The van der Waals surface area contributed by atoms with Gasteiger partial charge in [-0.05, 0) is 37.8 Å². The van der Waals surface area contributed by atoms with Gasteiger partial charge in [0.15, 0.2) is 5.76 Å². The number of hydrogen-bond acceptors (Lipinski definition) is 3.